The van der Waals surface area contributed by atoms with Crippen LogP contribution in [0.15, 0.2) is 42.5 Å². The second-order valence-electron chi connectivity index (χ2n) is 4.19. The summed E-state index contributed by atoms with van der Waals surface area (Å²) in [6, 6.07) is 13.7. The molecule has 0 saturated carbocycles. The van der Waals surface area contributed by atoms with Crippen LogP contribution in [0.2, 0.25) is 0 Å². The fraction of sp³-hybridized carbons (Fsp3) is 0.133. The number of hydrogen-bond donors (Lipinski definition) is 1. The highest BCUT2D eigenvalue weighted by atomic mass is 19.3. The van der Waals surface area contributed by atoms with E-state index in [0.29, 0.717) is 11.3 Å². The van der Waals surface area contributed by atoms with Crippen molar-refractivity contribution in [1.29, 1.82) is 5.26 Å². The monoisotopic (exact) mass is 274 g/mol. The Kier molecular flexibility index (Phi) is 4.16. The van der Waals surface area contributed by atoms with E-state index in [2.05, 4.69) is 10.1 Å². The van der Waals surface area contributed by atoms with Gasteiger partial charge >= 0.3 is 6.61 Å². The fourth-order valence-corrected chi connectivity index (χ4v) is 1.78. The summed E-state index contributed by atoms with van der Waals surface area (Å²) < 4.78 is 28.7. The van der Waals surface area contributed by atoms with Crippen LogP contribution in [0.1, 0.15) is 11.1 Å². The van der Waals surface area contributed by atoms with Gasteiger partial charge in [0.25, 0.3) is 0 Å². The fourth-order valence-electron chi connectivity index (χ4n) is 1.78. The predicted octanol–water partition coefficient (Wildman–Crippen LogP) is 4.21. The van der Waals surface area contributed by atoms with E-state index in [9.17, 15) is 8.78 Å². The van der Waals surface area contributed by atoms with Crippen LogP contribution in [0.5, 0.6) is 5.75 Å². The van der Waals surface area contributed by atoms with E-state index in [1.165, 1.54) is 18.2 Å². The zero-order valence-electron chi connectivity index (χ0n) is 10.7. The van der Waals surface area contributed by atoms with Crippen molar-refractivity contribution >= 4 is 11.4 Å². The quantitative estimate of drug-likeness (QED) is 0.908. The van der Waals surface area contributed by atoms with E-state index >= 15 is 0 Å². The van der Waals surface area contributed by atoms with E-state index in [0.717, 1.165) is 11.3 Å². The maximum Gasteiger partial charge on any atom is 0.387 e. The van der Waals surface area contributed by atoms with Crippen LogP contribution >= 0.6 is 0 Å². The Balaban J connectivity index is 2.31. The van der Waals surface area contributed by atoms with Gasteiger partial charge in [0.1, 0.15) is 11.8 Å². The van der Waals surface area contributed by atoms with Gasteiger partial charge in [-0.05, 0) is 36.8 Å². The topological polar surface area (TPSA) is 45.0 Å². The Labute approximate surface area is 115 Å². The van der Waals surface area contributed by atoms with E-state index in [-0.39, 0.29) is 5.75 Å². The number of hydrogen-bond acceptors (Lipinski definition) is 3. The highest BCUT2D eigenvalue weighted by molar-refractivity contribution is 5.68. The van der Waals surface area contributed by atoms with Crippen molar-refractivity contribution < 1.29 is 13.5 Å². The van der Waals surface area contributed by atoms with E-state index in [1.54, 1.807) is 0 Å². The largest absolute Gasteiger partial charge is 0.435 e. The summed E-state index contributed by atoms with van der Waals surface area (Å²) in [6.07, 6.45) is 0. The summed E-state index contributed by atoms with van der Waals surface area (Å²) in [6.45, 7) is -0.957. The molecule has 0 aromatic heterocycles. The Hall–Kier alpha value is -2.61. The minimum absolute atomic E-state index is 0.00848. The zero-order valence-corrected chi connectivity index (χ0v) is 10.7. The first-order valence-corrected chi connectivity index (χ1v) is 5.91. The van der Waals surface area contributed by atoms with E-state index in [1.807, 2.05) is 37.3 Å². The van der Waals surface area contributed by atoms with Crippen LogP contribution < -0.4 is 10.1 Å². The van der Waals surface area contributed by atoms with Gasteiger partial charge in [-0.1, -0.05) is 12.1 Å². The molecule has 0 fully saturated rings. The van der Waals surface area contributed by atoms with Gasteiger partial charge in [0.2, 0.25) is 0 Å². The summed E-state index contributed by atoms with van der Waals surface area (Å²) >= 11 is 0. The summed E-state index contributed by atoms with van der Waals surface area (Å²) in [5.41, 5.74) is 2.61. The molecule has 5 heteroatoms. The van der Waals surface area contributed by atoms with Crippen molar-refractivity contribution in [2.45, 2.75) is 13.5 Å². The molecule has 2 aromatic carbocycles. The molecule has 1 N–H and O–H groups in total. The standard InChI is InChI=1S/C15H12F2N2O/c1-10-3-2-4-12(7-10)19-14-8-13(20-15(16)17)6-5-11(14)9-18/h2-8,15,19H,1H3. The Morgan fingerprint density at radius 2 is 2.00 bits per heavy atom. The molecule has 0 saturated heterocycles. The molecule has 0 amide bonds. The smallest absolute Gasteiger partial charge is 0.387 e. The average Bonchev–Trinajstić information content (AvgIpc) is 2.38. The summed E-state index contributed by atoms with van der Waals surface area (Å²) in [5, 5.41) is 12.1. The van der Waals surface area contributed by atoms with Gasteiger partial charge < -0.3 is 10.1 Å². The third-order valence-electron chi connectivity index (χ3n) is 2.63. The molecule has 0 aliphatic carbocycles. The third kappa shape index (κ3) is 3.45. The van der Waals surface area contributed by atoms with Crippen molar-refractivity contribution in [1.82, 2.24) is 0 Å². The van der Waals surface area contributed by atoms with Crippen LogP contribution in [0.25, 0.3) is 0 Å². The second-order valence-corrected chi connectivity index (χ2v) is 4.19. The number of nitriles is 1. The number of aryl methyl sites for hydroxylation is 1. The van der Waals surface area contributed by atoms with Gasteiger partial charge in [0, 0.05) is 11.8 Å². The molecule has 0 aliphatic heterocycles. The SMILES string of the molecule is Cc1cccc(Nc2cc(OC(F)F)ccc2C#N)c1. The number of alkyl halides is 2. The molecule has 102 valence electrons. The summed E-state index contributed by atoms with van der Waals surface area (Å²) in [4.78, 5) is 0. The van der Waals surface area contributed by atoms with Gasteiger partial charge in [0.05, 0.1) is 11.3 Å². The molecule has 0 heterocycles. The van der Waals surface area contributed by atoms with Crippen LogP contribution in [0, 0.1) is 18.3 Å². The molecule has 3 nitrogen and oxygen atoms in total. The van der Waals surface area contributed by atoms with Crippen LogP contribution in [-0.4, -0.2) is 6.61 Å². The van der Waals surface area contributed by atoms with Crippen molar-refractivity contribution in [3.05, 3.63) is 53.6 Å². The van der Waals surface area contributed by atoms with E-state index in [4.69, 9.17) is 5.26 Å². The number of halogens is 2. The van der Waals surface area contributed by atoms with Crippen LogP contribution in [0.4, 0.5) is 20.2 Å². The minimum atomic E-state index is -2.89. The maximum atomic E-state index is 12.2. The molecular weight excluding hydrogens is 262 g/mol. The highest BCUT2D eigenvalue weighted by Gasteiger charge is 2.08. The molecule has 0 unspecified atom stereocenters. The Bertz CT molecular complexity index is 651. The number of benzene rings is 2. The lowest BCUT2D eigenvalue weighted by molar-refractivity contribution is -0.0498. The van der Waals surface area contributed by atoms with Crippen molar-refractivity contribution in [3.8, 4) is 11.8 Å². The third-order valence-corrected chi connectivity index (χ3v) is 2.63. The maximum absolute atomic E-state index is 12.2. The zero-order chi connectivity index (χ0) is 14.5. The number of anilines is 2. The van der Waals surface area contributed by atoms with Gasteiger partial charge in [0.15, 0.2) is 0 Å². The van der Waals surface area contributed by atoms with Gasteiger partial charge in [-0.25, -0.2) is 0 Å². The molecule has 2 rings (SSSR count). The summed E-state index contributed by atoms with van der Waals surface area (Å²) in [5.74, 6) is 0.00848. The first-order chi connectivity index (χ1) is 9.58. The first-order valence-electron chi connectivity index (χ1n) is 5.91. The predicted molar refractivity (Wildman–Crippen MR) is 72.3 cm³/mol. The lowest BCUT2D eigenvalue weighted by Gasteiger charge is -2.11. The molecule has 0 spiro atoms. The van der Waals surface area contributed by atoms with Crippen molar-refractivity contribution in [2.75, 3.05) is 5.32 Å². The number of rotatable bonds is 4. The molecule has 0 aliphatic rings. The first kappa shape index (κ1) is 13.8. The second kappa shape index (κ2) is 6.02. The Morgan fingerprint density at radius 1 is 1.20 bits per heavy atom. The number of ether oxygens (including phenoxy) is 1. The van der Waals surface area contributed by atoms with Gasteiger partial charge in [-0.15, -0.1) is 0 Å². The molecular formula is C15H12F2N2O. The normalized spacial score (nSPS) is 10.2. The van der Waals surface area contributed by atoms with Gasteiger partial charge in [-0.2, -0.15) is 14.0 Å². The molecule has 0 bridgehead atoms. The van der Waals surface area contributed by atoms with Crippen LogP contribution in [0.3, 0.4) is 0 Å². The van der Waals surface area contributed by atoms with E-state index < -0.39 is 6.61 Å². The lowest BCUT2D eigenvalue weighted by Crippen LogP contribution is -2.03. The molecule has 0 atom stereocenters. The summed E-state index contributed by atoms with van der Waals surface area (Å²) in [7, 11) is 0. The highest BCUT2D eigenvalue weighted by Crippen LogP contribution is 2.26. The average molecular weight is 274 g/mol. The van der Waals surface area contributed by atoms with Crippen molar-refractivity contribution in [3.63, 3.8) is 0 Å². The number of nitrogens with zero attached hydrogens (tertiary/aromatic N) is 1. The van der Waals surface area contributed by atoms with Gasteiger partial charge in [-0.3, -0.25) is 0 Å². The Morgan fingerprint density at radius 3 is 2.65 bits per heavy atom. The number of nitrogens with one attached hydrogen (secondary N) is 1. The minimum Gasteiger partial charge on any atom is -0.435 e. The lowest BCUT2D eigenvalue weighted by atomic mass is 10.1. The molecule has 20 heavy (non-hydrogen) atoms. The van der Waals surface area contributed by atoms with Crippen LogP contribution in [-0.2, 0) is 0 Å². The molecule has 0 radical (unpaired) electrons. The van der Waals surface area contributed by atoms with Crippen molar-refractivity contribution in [2.24, 2.45) is 0 Å². The molecule has 2 aromatic rings.